The van der Waals surface area contributed by atoms with E-state index in [2.05, 4.69) is 41.2 Å². The molecule has 0 bridgehead atoms. The Labute approximate surface area is 143 Å². The van der Waals surface area contributed by atoms with E-state index in [-0.39, 0.29) is 17.1 Å². The van der Waals surface area contributed by atoms with Gasteiger partial charge in [0, 0.05) is 23.1 Å². The first-order chi connectivity index (χ1) is 11.4. The third-order valence-corrected chi connectivity index (χ3v) is 4.60. The number of aromatic nitrogens is 3. The number of nitrogens with one attached hydrogen (secondary N) is 1. The first-order valence-corrected chi connectivity index (χ1v) is 8.42. The second-order valence-corrected chi connectivity index (χ2v) is 7.23. The molecule has 3 heterocycles. The summed E-state index contributed by atoms with van der Waals surface area (Å²) in [6, 6.07) is 7.06. The van der Waals surface area contributed by atoms with Crippen LogP contribution in [0.25, 0.3) is 11.4 Å². The van der Waals surface area contributed by atoms with Gasteiger partial charge in [-0.05, 0) is 12.1 Å². The predicted molar refractivity (Wildman–Crippen MR) is 91.7 cm³/mol. The molecule has 1 N–H and O–H groups in total. The SMILES string of the molecule is CC(C)(C)c1nc(CNC(=O)c2cc(-c3ccccn3)no2)cs1. The molecule has 0 atom stereocenters. The van der Waals surface area contributed by atoms with E-state index in [4.69, 9.17) is 4.52 Å². The van der Waals surface area contributed by atoms with Gasteiger partial charge in [-0.2, -0.15) is 0 Å². The van der Waals surface area contributed by atoms with Crippen LogP contribution in [-0.4, -0.2) is 21.0 Å². The molecule has 24 heavy (non-hydrogen) atoms. The van der Waals surface area contributed by atoms with Crippen LogP contribution in [0.4, 0.5) is 0 Å². The van der Waals surface area contributed by atoms with Gasteiger partial charge >= 0.3 is 0 Å². The topological polar surface area (TPSA) is 80.9 Å². The molecule has 0 aliphatic heterocycles. The van der Waals surface area contributed by atoms with E-state index in [0.717, 1.165) is 10.7 Å². The molecule has 0 fully saturated rings. The molecule has 0 unspecified atom stereocenters. The van der Waals surface area contributed by atoms with Crippen molar-refractivity contribution in [1.29, 1.82) is 0 Å². The number of amides is 1. The number of carbonyl (C=O) groups is 1. The number of thiazole rings is 1. The zero-order valence-corrected chi connectivity index (χ0v) is 14.6. The zero-order chi connectivity index (χ0) is 17.2. The van der Waals surface area contributed by atoms with E-state index < -0.39 is 0 Å². The maximum atomic E-state index is 12.2. The molecule has 0 radical (unpaired) electrons. The lowest BCUT2D eigenvalue weighted by Crippen LogP contribution is -2.22. The molecular weight excluding hydrogens is 324 g/mol. The van der Waals surface area contributed by atoms with Gasteiger partial charge in [-0.1, -0.05) is 32.0 Å². The number of nitrogens with zero attached hydrogens (tertiary/aromatic N) is 3. The lowest BCUT2D eigenvalue weighted by molar-refractivity contribution is 0.0913. The van der Waals surface area contributed by atoms with Crippen LogP contribution < -0.4 is 5.32 Å². The number of pyridine rings is 1. The van der Waals surface area contributed by atoms with Crippen molar-refractivity contribution in [2.75, 3.05) is 0 Å². The summed E-state index contributed by atoms with van der Waals surface area (Å²) in [6.07, 6.45) is 1.67. The molecule has 0 aromatic carbocycles. The van der Waals surface area contributed by atoms with E-state index in [1.165, 1.54) is 0 Å². The summed E-state index contributed by atoms with van der Waals surface area (Å²) in [7, 11) is 0. The third-order valence-electron chi connectivity index (χ3n) is 3.28. The molecule has 0 aliphatic carbocycles. The second-order valence-electron chi connectivity index (χ2n) is 6.37. The van der Waals surface area contributed by atoms with Gasteiger partial charge in [0.15, 0.2) is 0 Å². The van der Waals surface area contributed by atoms with Crippen LogP contribution >= 0.6 is 11.3 Å². The predicted octanol–water partition coefficient (Wildman–Crippen LogP) is 3.42. The fourth-order valence-corrected chi connectivity index (χ4v) is 2.92. The highest BCUT2D eigenvalue weighted by Gasteiger charge is 2.19. The molecule has 0 aliphatic rings. The molecule has 6 nitrogen and oxygen atoms in total. The highest BCUT2D eigenvalue weighted by molar-refractivity contribution is 7.09. The van der Waals surface area contributed by atoms with Crippen molar-refractivity contribution < 1.29 is 9.32 Å². The summed E-state index contributed by atoms with van der Waals surface area (Å²) in [6.45, 7) is 6.69. The van der Waals surface area contributed by atoms with E-state index in [1.807, 2.05) is 23.6 Å². The van der Waals surface area contributed by atoms with Gasteiger partial charge < -0.3 is 9.84 Å². The monoisotopic (exact) mass is 342 g/mol. The Bertz CT molecular complexity index is 834. The normalized spacial score (nSPS) is 11.5. The Morgan fingerprint density at radius 3 is 2.79 bits per heavy atom. The Morgan fingerprint density at radius 1 is 1.29 bits per heavy atom. The maximum Gasteiger partial charge on any atom is 0.290 e. The number of hydrogen-bond donors (Lipinski definition) is 1. The quantitative estimate of drug-likeness (QED) is 0.786. The van der Waals surface area contributed by atoms with Gasteiger partial charge in [0.05, 0.1) is 22.9 Å². The van der Waals surface area contributed by atoms with Crippen molar-refractivity contribution in [3.8, 4) is 11.4 Å². The van der Waals surface area contributed by atoms with Gasteiger partial charge in [-0.25, -0.2) is 4.98 Å². The Hall–Kier alpha value is -2.54. The van der Waals surface area contributed by atoms with Crippen LogP contribution in [0.1, 0.15) is 42.0 Å². The summed E-state index contributed by atoms with van der Waals surface area (Å²) >= 11 is 1.60. The lowest BCUT2D eigenvalue weighted by Gasteiger charge is -2.13. The summed E-state index contributed by atoms with van der Waals surface area (Å²) in [5.41, 5.74) is 2.04. The summed E-state index contributed by atoms with van der Waals surface area (Å²) in [5, 5.41) is 9.69. The first kappa shape index (κ1) is 16.3. The molecule has 0 spiro atoms. The highest BCUT2D eigenvalue weighted by atomic mass is 32.1. The second kappa shape index (κ2) is 6.52. The standard InChI is InChI=1S/C17H18N4O2S/c1-17(2,3)16-20-11(10-24-16)9-19-15(22)14-8-13(21-23-14)12-6-4-5-7-18-12/h4-8,10H,9H2,1-3H3,(H,19,22). The molecule has 7 heteroatoms. The molecule has 124 valence electrons. The van der Waals surface area contributed by atoms with Gasteiger partial charge in [-0.3, -0.25) is 9.78 Å². The summed E-state index contributed by atoms with van der Waals surface area (Å²) in [4.78, 5) is 20.9. The Morgan fingerprint density at radius 2 is 2.12 bits per heavy atom. The Kier molecular flexibility index (Phi) is 4.44. The first-order valence-electron chi connectivity index (χ1n) is 7.55. The fourth-order valence-electron chi connectivity index (χ4n) is 2.01. The van der Waals surface area contributed by atoms with E-state index in [0.29, 0.717) is 17.9 Å². The highest BCUT2D eigenvalue weighted by Crippen LogP contribution is 2.25. The minimum atomic E-state index is -0.324. The zero-order valence-electron chi connectivity index (χ0n) is 13.7. The van der Waals surface area contributed by atoms with Gasteiger partial charge in [-0.15, -0.1) is 11.3 Å². The lowest BCUT2D eigenvalue weighted by atomic mass is 9.98. The maximum absolute atomic E-state index is 12.2. The minimum absolute atomic E-state index is 0.00937. The molecule has 3 aromatic heterocycles. The molecule has 3 rings (SSSR count). The average molecular weight is 342 g/mol. The van der Waals surface area contributed by atoms with Gasteiger partial charge in [0.1, 0.15) is 5.69 Å². The minimum Gasteiger partial charge on any atom is -0.350 e. The van der Waals surface area contributed by atoms with Crippen molar-refractivity contribution in [1.82, 2.24) is 20.4 Å². The third kappa shape index (κ3) is 3.68. The van der Waals surface area contributed by atoms with Crippen LogP contribution in [0.15, 0.2) is 40.4 Å². The fraction of sp³-hybridized carbons (Fsp3) is 0.294. The number of hydrogen-bond acceptors (Lipinski definition) is 6. The van der Waals surface area contributed by atoms with Crippen LogP contribution in [0.3, 0.4) is 0 Å². The Balaban J connectivity index is 1.64. The molecule has 0 saturated carbocycles. The van der Waals surface area contributed by atoms with Crippen LogP contribution in [-0.2, 0) is 12.0 Å². The van der Waals surface area contributed by atoms with Crippen molar-refractivity contribution >= 4 is 17.2 Å². The molecular formula is C17H18N4O2S. The number of rotatable bonds is 4. The van der Waals surface area contributed by atoms with Crippen molar-refractivity contribution in [2.24, 2.45) is 0 Å². The molecule has 1 amide bonds. The van der Waals surface area contributed by atoms with Crippen molar-refractivity contribution in [2.45, 2.75) is 32.7 Å². The summed E-state index contributed by atoms with van der Waals surface area (Å²) < 4.78 is 5.11. The van der Waals surface area contributed by atoms with E-state index in [9.17, 15) is 4.79 Å². The largest absolute Gasteiger partial charge is 0.350 e. The van der Waals surface area contributed by atoms with Crippen LogP contribution in [0.5, 0.6) is 0 Å². The van der Waals surface area contributed by atoms with Gasteiger partial charge in [0.2, 0.25) is 5.76 Å². The molecule has 3 aromatic rings. The molecule has 0 saturated heterocycles. The van der Waals surface area contributed by atoms with E-state index in [1.54, 1.807) is 23.6 Å². The van der Waals surface area contributed by atoms with E-state index >= 15 is 0 Å². The van der Waals surface area contributed by atoms with Crippen molar-refractivity contribution in [3.05, 3.63) is 52.3 Å². The van der Waals surface area contributed by atoms with Crippen LogP contribution in [0.2, 0.25) is 0 Å². The van der Waals surface area contributed by atoms with Gasteiger partial charge in [0.25, 0.3) is 5.91 Å². The average Bonchev–Trinajstić information content (AvgIpc) is 3.22. The van der Waals surface area contributed by atoms with Crippen molar-refractivity contribution in [3.63, 3.8) is 0 Å². The van der Waals surface area contributed by atoms with Crippen LogP contribution in [0, 0.1) is 0 Å². The number of carbonyl (C=O) groups excluding carboxylic acids is 1. The smallest absolute Gasteiger partial charge is 0.290 e. The summed E-state index contributed by atoms with van der Waals surface area (Å²) in [5.74, 6) is -0.170.